The lowest BCUT2D eigenvalue weighted by Gasteiger charge is -2.15. The molecule has 0 radical (unpaired) electrons. The van der Waals surface area contributed by atoms with Gasteiger partial charge in [-0.2, -0.15) is 5.26 Å². The zero-order valence-electron chi connectivity index (χ0n) is 9.57. The second-order valence-electron chi connectivity index (χ2n) is 3.92. The Bertz CT molecular complexity index is 532. The number of allylic oxidation sites excluding steroid dienone is 2. The van der Waals surface area contributed by atoms with E-state index in [1.807, 2.05) is 0 Å². The first-order valence-electron chi connectivity index (χ1n) is 5.39. The van der Waals surface area contributed by atoms with Gasteiger partial charge in [0.15, 0.2) is 5.78 Å². The summed E-state index contributed by atoms with van der Waals surface area (Å²) in [6, 6.07) is 7.12. The van der Waals surface area contributed by atoms with Gasteiger partial charge in [0.1, 0.15) is 6.07 Å². The van der Waals surface area contributed by atoms with E-state index < -0.39 is 0 Å². The van der Waals surface area contributed by atoms with Crippen molar-refractivity contribution in [3.05, 3.63) is 40.6 Å². The summed E-state index contributed by atoms with van der Waals surface area (Å²) >= 11 is 5.88. The molecule has 0 aromatic heterocycles. The van der Waals surface area contributed by atoms with Crippen molar-refractivity contribution in [2.75, 3.05) is 5.32 Å². The predicted molar refractivity (Wildman–Crippen MR) is 74.0 cm³/mol. The number of carbonyl (C=O) groups is 1. The summed E-state index contributed by atoms with van der Waals surface area (Å²) in [5, 5.41) is 12.6. The molecule has 3 nitrogen and oxygen atoms in total. The Kier molecular flexibility index (Phi) is 5.21. The maximum atomic E-state index is 11.3. The average molecular weight is 283 g/mol. The molecule has 94 valence electrons. The van der Waals surface area contributed by atoms with Crippen molar-refractivity contribution in [2.24, 2.45) is 0 Å². The van der Waals surface area contributed by atoms with E-state index in [9.17, 15) is 4.79 Å². The van der Waals surface area contributed by atoms with Crippen LogP contribution in [-0.4, -0.2) is 5.78 Å². The number of hydrogen-bond acceptors (Lipinski definition) is 3. The van der Waals surface area contributed by atoms with E-state index in [-0.39, 0.29) is 18.2 Å². The van der Waals surface area contributed by atoms with Gasteiger partial charge in [-0.05, 0) is 31.0 Å². The van der Waals surface area contributed by atoms with Crippen molar-refractivity contribution in [3.63, 3.8) is 0 Å². The van der Waals surface area contributed by atoms with Gasteiger partial charge in [0.05, 0.1) is 11.3 Å². The Morgan fingerprint density at radius 2 is 2.11 bits per heavy atom. The molecule has 0 bridgehead atoms. The number of benzene rings is 1. The number of ketones is 1. The fraction of sp³-hybridized carbons (Fsp3) is 0.231. The normalized spacial score (nSPS) is 14.2. The minimum atomic E-state index is 0. The van der Waals surface area contributed by atoms with Gasteiger partial charge in [-0.15, -0.1) is 12.4 Å². The van der Waals surface area contributed by atoms with Crippen LogP contribution in [0, 0.1) is 11.3 Å². The number of nitriles is 1. The molecule has 1 N–H and O–H groups in total. The van der Waals surface area contributed by atoms with Crippen LogP contribution in [0.5, 0.6) is 0 Å². The predicted octanol–water partition coefficient (Wildman–Crippen LogP) is 3.68. The van der Waals surface area contributed by atoms with Crippen molar-refractivity contribution in [2.45, 2.75) is 19.3 Å². The van der Waals surface area contributed by atoms with E-state index in [2.05, 4.69) is 11.4 Å². The summed E-state index contributed by atoms with van der Waals surface area (Å²) < 4.78 is 0. The molecule has 1 aliphatic carbocycles. The summed E-state index contributed by atoms with van der Waals surface area (Å²) in [6.07, 6.45) is 3.88. The Hall–Kier alpha value is -1.50. The van der Waals surface area contributed by atoms with Crippen LogP contribution in [0.4, 0.5) is 5.69 Å². The minimum absolute atomic E-state index is 0. The third-order valence-corrected chi connectivity index (χ3v) is 2.84. The van der Waals surface area contributed by atoms with Crippen LogP contribution >= 0.6 is 24.0 Å². The zero-order valence-corrected chi connectivity index (χ0v) is 11.1. The number of nitrogens with one attached hydrogen (secondary N) is 1. The number of nitrogens with zero attached hydrogens (tertiary/aromatic N) is 1. The van der Waals surface area contributed by atoms with Gasteiger partial charge in [0.25, 0.3) is 0 Å². The van der Waals surface area contributed by atoms with Gasteiger partial charge >= 0.3 is 0 Å². The maximum Gasteiger partial charge on any atom is 0.157 e. The van der Waals surface area contributed by atoms with E-state index in [4.69, 9.17) is 16.9 Å². The highest BCUT2D eigenvalue weighted by molar-refractivity contribution is 6.30. The quantitative estimate of drug-likeness (QED) is 0.900. The molecule has 5 heteroatoms. The fourth-order valence-electron chi connectivity index (χ4n) is 1.78. The highest BCUT2D eigenvalue weighted by Crippen LogP contribution is 2.24. The van der Waals surface area contributed by atoms with Crippen LogP contribution in [0.2, 0.25) is 5.02 Å². The van der Waals surface area contributed by atoms with Crippen LogP contribution in [0.3, 0.4) is 0 Å². The van der Waals surface area contributed by atoms with Crippen LogP contribution in [0.1, 0.15) is 24.8 Å². The first-order valence-corrected chi connectivity index (χ1v) is 5.77. The van der Waals surface area contributed by atoms with Gasteiger partial charge < -0.3 is 5.32 Å². The molecule has 2 rings (SSSR count). The molecule has 0 aliphatic heterocycles. The maximum absolute atomic E-state index is 11.3. The Labute approximate surface area is 117 Å². The molecule has 0 unspecified atom stereocenters. The summed E-state index contributed by atoms with van der Waals surface area (Å²) in [6.45, 7) is 0. The summed E-state index contributed by atoms with van der Waals surface area (Å²) in [7, 11) is 0. The average Bonchev–Trinajstić information content (AvgIpc) is 2.29. The van der Waals surface area contributed by atoms with Gasteiger partial charge in [-0.3, -0.25) is 4.79 Å². The lowest BCUT2D eigenvalue weighted by atomic mass is 10.0. The number of carbonyl (C=O) groups excluding carboxylic acids is 1. The van der Waals surface area contributed by atoms with Crippen molar-refractivity contribution < 1.29 is 4.79 Å². The van der Waals surface area contributed by atoms with Crippen molar-refractivity contribution >= 4 is 35.5 Å². The van der Waals surface area contributed by atoms with E-state index in [0.29, 0.717) is 22.7 Å². The second kappa shape index (κ2) is 6.44. The minimum Gasteiger partial charge on any atom is -0.358 e. The summed E-state index contributed by atoms with van der Waals surface area (Å²) in [5.41, 5.74) is 2.02. The SMILES string of the molecule is Cl.N#Cc1ccc(Cl)cc1NC1=CC(=O)CCC1. The van der Waals surface area contributed by atoms with Crippen molar-refractivity contribution in [1.82, 2.24) is 0 Å². The largest absolute Gasteiger partial charge is 0.358 e. The smallest absolute Gasteiger partial charge is 0.157 e. The standard InChI is InChI=1S/C13H11ClN2O.ClH/c14-10-5-4-9(8-15)13(6-10)16-11-2-1-3-12(17)7-11;/h4-7,16H,1-3H2;1H. The third kappa shape index (κ3) is 3.49. The van der Waals surface area contributed by atoms with Crippen molar-refractivity contribution in [1.29, 1.82) is 5.26 Å². The van der Waals surface area contributed by atoms with Crippen molar-refractivity contribution in [3.8, 4) is 6.07 Å². The Morgan fingerprint density at radius 1 is 1.33 bits per heavy atom. The van der Waals surface area contributed by atoms with E-state index in [1.54, 1.807) is 24.3 Å². The van der Waals surface area contributed by atoms with Gasteiger partial charge in [0, 0.05) is 23.2 Å². The topological polar surface area (TPSA) is 52.9 Å². The second-order valence-corrected chi connectivity index (χ2v) is 4.35. The summed E-state index contributed by atoms with van der Waals surface area (Å²) in [5.74, 6) is 0.124. The highest BCUT2D eigenvalue weighted by Gasteiger charge is 2.11. The first kappa shape index (κ1) is 14.6. The van der Waals surface area contributed by atoms with Crippen LogP contribution < -0.4 is 5.32 Å². The number of halogens is 2. The monoisotopic (exact) mass is 282 g/mol. The van der Waals surface area contributed by atoms with Gasteiger partial charge in [0.2, 0.25) is 0 Å². The molecule has 0 saturated carbocycles. The van der Waals surface area contributed by atoms with E-state index in [1.165, 1.54) is 0 Å². The highest BCUT2D eigenvalue weighted by atomic mass is 35.5. The lowest BCUT2D eigenvalue weighted by molar-refractivity contribution is -0.115. The number of anilines is 1. The van der Waals surface area contributed by atoms with Crippen LogP contribution in [0.25, 0.3) is 0 Å². The number of rotatable bonds is 2. The third-order valence-electron chi connectivity index (χ3n) is 2.60. The fourth-order valence-corrected chi connectivity index (χ4v) is 1.95. The Morgan fingerprint density at radius 3 is 2.78 bits per heavy atom. The van der Waals surface area contributed by atoms with E-state index >= 15 is 0 Å². The van der Waals surface area contributed by atoms with Gasteiger partial charge in [-0.25, -0.2) is 0 Å². The molecule has 1 aliphatic rings. The molecule has 0 fully saturated rings. The van der Waals surface area contributed by atoms with Gasteiger partial charge in [-0.1, -0.05) is 11.6 Å². The molecule has 18 heavy (non-hydrogen) atoms. The Balaban J connectivity index is 0.00000162. The molecule has 0 spiro atoms. The lowest BCUT2D eigenvalue weighted by Crippen LogP contribution is -2.09. The molecular weight excluding hydrogens is 271 g/mol. The van der Waals surface area contributed by atoms with Crippen LogP contribution in [-0.2, 0) is 4.79 Å². The number of hydrogen-bond donors (Lipinski definition) is 1. The molecule has 0 heterocycles. The molecule has 0 amide bonds. The zero-order chi connectivity index (χ0) is 12.3. The van der Waals surface area contributed by atoms with Crippen LogP contribution in [0.15, 0.2) is 30.0 Å². The molecular formula is C13H12Cl2N2O. The molecule has 1 aromatic rings. The van der Waals surface area contributed by atoms with E-state index in [0.717, 1.165) is 18.5 Å². The molecule has 1 aromatic carbocycles. The first-order chi connectivity index (χ1) is 8.19. The molecule has 0 saturated heterocycles. The summed E-state index contributed by atoms with van der Waals surface area (Å²) in [4.78, 5) is 11.3. The molecule has 0 atom stereocenters.